The van der Waals surface area contributed by atoms with E-state index < -0.39 is 29.7 Å². The number of halogens is 2. The molecule has 2 aromatic carbocycles. The highest BCUT2D eigenvalue weighted by atomic mass is 35.5. The maximum absolute atomic E-state index is 12.8. The Morgan fingerprint density at radius 3 is 2.39 bits per heavy atom. The molecule has 2 unspecified atom stereocenters. The van der Waals surface area contributed by atoms with E-state index in [-0.39, 0.29) is 12.3 Å². The first-order valence-electron chi connectivity index (χ1n) is 11.6. The van der Waals surface area contributed by atoms with E-state index in [9.17, 15) is 14.4 Å². The molecule has 2 aromatic rings. The number of alkyl carbamates (subject to hydrolysis) is 1. The first-order valence-corrected chi connectivity index (χ1v) is 12.4. The first kappa shape index (κ1) is 27.6. The van der Waals surface area contributed by atoms with Crippen molar-refractivity contribution in [2.24, 2.45) is 0 Å². The van der Waals surface area contributed by atoms with E-state index in [2.05, 4.69) is 16.0 Å². The van der Waals surface area contributed by atoms with Crippen LogP contribution in [0, 0.1) is 0 Å². The van der Waals surface area contributed by atoms with Gasteiger partial charge in [0.2, 0.25) is 5.91 Å². The second-order valence-corrected chi connectivity index (χ2v) is 10.4. The molecule has 194 valence electrons. The van der Waals surface area contributed by atoms with Crippen LogP contribution in [0.1, 0.15) is 56.3 Å². The molecule has 0 aromatic heterocycles. The lowest BCUT2D eigenvalue weighted by Gasteiger charge is -2.33. The lowest BCUT2D eigenvalue weighted by Crippen LogP contribution is -2.41. The van der Waals surface area contributed by atoms with Crippen LogP contribution in [0.25, 0.3) is 0 Å². The molecule has 1 aliphatic heterocycles. The lowest BCUT2D eigenvalue weighted by atomic mass is 9.92. The summed E-state index contributed by atoms with van der Waals surface area (Å²) in [6, 6.07) is 9.83. The Bertz CT molecular complexity index is 1120. The fourth-order valence-corrected chi connectivity index (χ4v) is 4.55. The minimum atomic E-state index is -0.635. The number of carbonyl (C=O) groups excluding carboxylic acids is 3. The number of benzene rings is 2. The van der Waals surface area contributed by atoms with E-state index in [0.29, 0.717) is 40.7 Å². The van der Waals surface area contributed by atoms with E-state index in [4.69, 9.17) is 32.7 Å². The van der Waals surface area contributed by atoms with Crippen molar-refractivity contribution in [1.29, 1.82) is 0 Å². The number of hydrogen-bond donors (Lipinski definition) is 3. The second kappa shape index (κ2) is 11.8. The number of hydrogen-bond acceptors (Lipinski definition) is 6. The molecule has 36 heavy (non-hydrogen) atoms. The van der Waals surface area contributed by atoms with Crippen LogP contribution in [-0.4, -0.2) is 36.7 Å². The third kappa shape index (κ3) is 7.77. The molecule has 2 amide bonds. The Balaban J connectivity index is 1.57. The Labute approximate surface area is 221 Å². The highest BCUT2D eigenvalue weighted by molar-refractivity contribution is 6.35. The van der Waals surface area contributed by atoms with E-state index in [1.54, 1.807) is 12.1 Å². The minimum absolute atomic E-state index is 0.168. The number of esters is 1. The van der Waals surface area contributed by atoms with Gasteiger partial charge in [-0.25, -0.2) is 9.59 Å². The molecular weight excluding hydrogens is 505 g/mol. The summed E-state index contributed by atoms with van der Waals surface area (Å²) in [5, 5.41) is 9.65. The quantitative estimate of drug-likeness (QED) is 0.422. The maximum Gasteiger partial charge on any atom is 0.407 e. The van der Waals surface area contributed by atoms with Crippen molar-refractivity contribution >= 4 is 46.9 Å². The Morgan fingerprint density at radius 2 is 1.75 bits per heavy atom. The van der Waals surface area contributed by atoms with Crippen molar-refractivity contribution < 1.29 is 23.9 Å². The average Bonchev–Trinajstić information content (AvgIpc) is 2.79. The van der Waals surface area contributed by atoms with E-state index in [0.717, 1.165) is 11.1 Å². The summed E-state index contributed by atoms with van der Waals surface area (Å²) in [7, 11) is 1.32. The van der Waals surface area contributed by atoms with Gasteiger partial charge >= 0.3 is 12.1 Å². The van der Waals surface area contributed by atoms with E-state index in [1.165, 1.54) is 7.11 Å². The van der Waals surface area contributed by atoms with Gasteiger partial charge in [0.15, 0.2) is 0 Å². The topological polar surface area (TPSA) is 106 Å². The van der Waals surface area contributed by atoms with Gasteiger partial charge in [0, 0.05) is 40.7 Å². The zero-order valence-corrected chi connectivity index (χ0v) is 22.3. The molecule has 0 radical (unpaired) electrons. The highest BCUT2D eigenvalue weighted by Gasteiger charge is 2.34. The van der Waals surface area contributed by atoms with Crippen LogP contribution < -0.4 is 16.0 Å². The number of amides is 2. The smallest absolute Gasteiger partial charge is 0.407 e. The monoisotopic (exact) mass is 535 g/mol. The maximum atomic E-state index is 12.8. The second-order valence-electron chi connectivity index (χ2n) is 9.60. The summed E-state index contributed by atoms with van der Waals surface area (Å²) in [4.78, 5) is 36.8. The molecule has 3 N–H and O–H groups in total. The number of methoxy groups -OCH3 is 1. The molecule has 0 fully saturated rings. The Morgan fingerprint density at radius 1 is 1.08 bits per heavy atom. The summed E-state index contributed by atoms with van der Waals surface area (Å²) in [5.74, 6) is -0.601. The fraction of sp³-hybridized carbons (Fsp3) is 0.423. The molecule has 0 aliphatic carbocycles. The summed E-state index contributed by atoms with van der Waals surface area (Å²) in [6.45, 7) is 5.77. The predicted molar refractivity (Wildman–Crippen MR) is 139 cm³/mol. The summed E-state index contributed by atoms with van der Waals surface area (Å²) in [5.41, 5.74) is 2.63. The normalized spacial score (nSPS) is 16.8. The van der Waals surface area contributed by atoms with Crippen LogP contribution in [-0.2, 0) is 32.0 Å². The largest absolute Gasteiger partial charge is 0.467 e. The number of aryl methyl sites for hydroxylation is 1. The van der Waals surface area contributed by atoms with Crippen LogP contribution in [0.15, 0.2) is 36.4 Å². The summed E-state index contributed by atoms with van der Waals surface area (Å²) in [6.07, 6.45) is 0.604. The van der Waals surface area contributed by atoms with Gasteiger partial charge in [-0.3, -0.25) is 4.79 Å². The molecule has 2 atom stereocenters. The van der Waals surface area contributed by atoms with Gasteiger partial charge in [-0.05, 0) is 50.5 Å². The van der Waals surface area contributed by atoms with Crippen LogP contribution in [0.3, 0.4) is 0 Å². The van der Waals surface area contributed by atoms with Crippen molar-refractivity contribution in [3.8, 4) is 0 Å². The number of carbonyl (C=O) groups is 3. The molecular formula is C26H31Cl2N3O5. The molecule has 0 saturated heterocycles. The first-order chi connectivity index (χ1) is 16.9. The third-order valence-electron chi connectivity index (χ3n) is 5.56. The molecule has 3 rings (SSSR count). The zero-order chi connectivity index (χ0) is 26.5. The van der Waals surface area contributed by atoms with Gasteiger partial charge < -0.3 is 25.4 Å². The third-order valence-corrected chi connectivity index (χ3v) is 6.10. The van der Waals surface area contributed by atoms with Gasteiger partial charge in [0.25, 0.3) is 0 Å². The number of fused-ring (bicyclic) bond motifs is 1. The fourth-order valence-electron chi connectivity index (χ4n) is 3.92. The van der Waals surface area contributed by atoms with Gasteiger partial charge in [-0.1, -0.05) is 47.5 Å². The van der Waals surface area contributed by atoms with E-state index >= 15 is 0 Å². The SMILES string of the molecule is COC(=O)C1CC(NC(=O)CCc2ccc(CNC(=O)OC(C)(C)C)cc2)c2c(Cl)cc(Cl)cc2N1. The van der Waals surface area contributed by atoms with Gasteiger partial charge in [-0.2, -0.15) is 0 Å². The standard InChI is InChI=1S/C26H31Cl2N3O5/c1-26(2,3)36-25(34)29-14-16-7-5-15(6-8-16)9-10-22(32)31-20-13-21(24(33)35-4)30-19-12-17(27)11-18(28)23(19)20/h5-8,11-12,20-21,30H,9-10,13-14H2,1-4H3,(H,29,34)(H,31,32). The van der Waals surface area contributed by atoms with Crippen LogP contribution in [0.5, 0.6) is 0 Å². The number of rotatable bonds is 7. The number of nitrogens with one attached hydrogen (secondary N) is 3. The predicted octanol–water partition coefficient (Wildman–Crippen LogP) is 5.17. The lowest BCUT2D eigenvalue weighted by molar-refractivity contribution is -0.142. The molecule has 0 bridgehead atoms. The summed E-state index contributed by atoms with van der Waals surface area (Å²) >= 11 is 12.6. The average molecular weight is 536 g/mol. The van der Waals surface area contributed by atoms with Crippen molar-refractivity contribution in [1.82, 2.24) is 10.6 Å². The van der Waals surface area contributed by atoms with Crippen LogP contribution in [0.2, 0.25) is 10.0 Å². The zero-order valence-electron chi connectivity index (χ0n) is 20.7. The van der Waals surface area contributed by atoms with Crippen LogP contribution >= 0.6 is 23.2 Å². The van der Waals surface area contributed by atoms with Gasteiger partial charge in [-0.15, -0.1) is 0 Å². The highest BCUT2D eigenvalue weighted by Crippen LogP contribution is 2.40. The van der Waals surface area contributed by atoms with Crippen molar-refractivity contribution in [2.75, 3.05) is 12.4 Å². The molecule has 1 heterocycles. The molecule has 0 saturated carbocycles. The number of ether oxygens (including phenoxy) is 2. The molecule has 8 nitrogen and oxygen atoms in total. The van der Waals surface area contributed by atoms with Crippen LogP contribution in [0.4, 0.5) is 10.5 Å². The van der Waals surface area contributed by atoms with Gasteiger partial charge in [0.05, 0.1) is 13.2 Å². The Hall–Kier alpha value is -2.97. The van der Waals surface area contributed by atoms with Crippen molar-refractivity contribution in [3.63, 3.8) is 0 Å². The Kier molecular flexibility index (Phi) is 9.08. The van der Waals surface area contributed by atoms with Crippen molar-refractivity contribution in [3.05, 3.63) is 63.1 Å². The molecule has 0 spiro atoms. The molecule has 1 aliphatic rings. The summed E-state index contributed by atoms with van der Waals surface area (Å²) < 4.78 is 10.1. The molecule has 10 heteroatoms. The van der Waals surface area contributed by atoms with Gasteiger partial charge in [0.1, 0.15) is 11.6 Å². The van der Waals surface area contributed by atoms with Crippen molar-refractivity contribution in [2.45, 2.75) is 64.3 Å². The van der Waals surface area contributed by atoms with E-state index in [1.807, 2.05) is 45.0 Å². The minimum Gasteiger partial charge on any atom is -0.467 e. The number of anilines is 1.